The number of hydrogen-bond acceptors (Lipinski definition) is 4. The molecule has 2 aliphatic rings. The molecule has 1 aliphatic heterocycles. The van der Waals surface area contributed by atoms with Gasteiger partial charge in [-0.15, -0.1) is 0 Å². The molecule has 1 saturated heterocycles. The minimum atomic E-state index is -0.731. The van der Waals surface area contributed by atoms with Crippen LogP contribution in [0.2, 0.25) is 0 Å². The summed E-state index contributed by atoms with van der Waals surface area (Å²) < 4.78 is 11.3. The van der Waals surface area contributed by atoms with Gasteiger partial charge in [-0.05, 0) is 31.2 Å². The summed E-state index contributed by atoms with van der Waals surface area (Å²) in [6, 6.07) is 9.62. The standard InChI is InChI=1S/C18H23NO5/c20-17(21)14-10-16(11-14)24-15-6-8-19(9-7-15)18(22)23-12-13-4-2-1-3-5-13/h1-5,14-16H,6-12H2,(H,20,21). The molecule has 1 aliphatic carbocycles. The summed E-state index contributed by atoms with van der Waals surface area (Å²) in [5.41, 5.74) is 0.974. The maximum atomic E-state index is 12.1. The first-order valence-corrected chi connectivity index (χ1v) is 8.45. The van der Waals surface area contributed by atoms with Crippen LogP contribution in [0.5, 0.6) is 0 Å². The topological polar surface area (TPSA) is 76.1 Å². The maximum absolute atomic E-state index is 12.1. The third-order valence-corrected chi connectivity index (χ3v) is 4.73. The molecule has 1 heterocycles. The Kier molecular flexibility index (Phi) is 5.35. The van der Waals surface area contributed by atoms with Gasteiger partial charge in [-0.3, -0.25) is 4.79 Å². The summed E-state index contributed by atoms with van der Waals surface area (Å²) in [6.45, 7) is 1.52. The van der Waals surface area contributed by atoms with Crippen molar-refractivity contribution in [3.8, 4) is 0 Å². The zero-order chi connectivity index (χ0) is 16.9. The van der Waals surface area contributed by atoms with Crippen molar-refractivity contribution in [2.45, 2.75) is 44.5 Å². The van der Waals surface area contributed by atoms with Crippen molar-refractivity contribution in [3.63, 3.8) is 0 Å². The third-order valence-electron chi connectivity index (χ3n) is 4.73. The Morgan fingerprint density at radius 2 is 1.75 bits per heavy atom. The minimum absolute atomic E-state index is 0.0627. The van der Waals surface area contributed by atoms with Gasteiger partial charge in [0.15, 0.2) is 0 Å². The van der Waals surface area contributed by atoms with Gasteiger partial charge >= 0.3 is 12.1 Å². The zero-order valence-electron chi connectivity index (χ0n) is 13.6. The molecule has 6 nitrogen and oxygen atoms in total. The highest BCUT2D eigenvalue weighted by atomic mass is 16.6. The van der Waals surface area contributed by atoms with Gasteiger partial charge in [0.05, 0.1) is 18.1 Å². The van der Waals surface area contributed by atoms with Crippen LogP contribution in [0.15, 0.2) is 30.3 Å². The highest BCUT2D eigenvalue weighted by Gasteiger charge is 2.37. The molecule has 0 atom stereocenters. The van der Waals surface area contributed by atoms with E-state index in [2.05, 4.69) is 0 Å². The molecule has 0 radical (unpaired) electrons. The zero-order valence-corrected chi connectivity index (χ0v) is 13.6. The predicted molar refractivity (Wildman–Crippen MR) is 86.5 cm³/mol. The molecule has 6 heteroatoms. The van der Waals surface area contributed by atoms with Crippen LogP contribution in [0, 0.1) is 5.92 Å². The normalized spacial score (nSPS) is 24.2. The molecule has 1 aromatic rings. The van der Waals surface area contributed by atoms with E-state index in [1.807, 2.05) is 30.3 Å². The number of likely N-dealkylation sites (tertiary alicyclic amines) is 1. The van der Waals surface area contributed by atoms with Crippen LogP contribution in [0.1, 0.15) is 31.2 Å². The van der Waals surface area contributed by atoms with E-state index >= 15 is 0 Å². The highest BCUT2D eigenvalue weighted by molar-refractivity contribution is 5.71. The molecule has 0 bridgehead atoms. The molecule has 1 amide bonds. The fourth-order valence-electron chi connectivity index (χ4n) is 3.14. The van der Waals surface area contributed by atoms with Gasteiger partial charge in [0.25, 0.3) is 0 Å². The van der Waals surface area contributed by atoms with E-state index in [-0.39, 0.29) is 30.8 Å². The van der Waals surface area contributed by atoms with E-state index < -0.39 is 5.97 Å². The molecule has 1 saturated carbocycles. The van der Waals surface area contributed by atoms with Crippen LogP contribution in [-0.4, -0.2) is 47.4 Å². The number of amides is 1. The van der Waals surface area contributed by atoms with Crippen molar-refractivity contribution in [1.82, 2.24) is 4.90 Å². The molecule has 1 aromatic carbocycles. The number of rotatable bonds is 5. The molecular formula is C18H23NO5. The van der Waals surface area contributed by atoms with Gasteiger partial charge in [0, 0.05) is 13.1 Å². The van der Waals surface area contributed by atoms with Crippen LogP contribution in [0.3, 0.4) is 0 Å². The van der Waals surface area contributed by atoms with Crippen molar-refractivity contribution in [2.75, 3.05) is 13.1 Å². The van der Waals surface area contributed by atoms with E-state index in [0.29, 0.717) is 25.9 Å². The first-order valence-electron chi connectivity index (χ1n) is 8.45. The van der Waals surface area contributed by atoms with Crippen LogP contribution in [0.25, 0.3) is 0 Å². The van der Waals surface area contributed by atoms with E-state index in [9.17, 15) is 9.59 Å². The number of carbonyl (C=O) groups excluding carboxylic acids is 1. The summed E-state index contributed by atoms with van der Waals surface area (Å²) in [6.07, 6.45) is 2.65. The Morgan fingerprint density at radius 1 is 1.08 bits per heavy atom. The van der Waals surface area contributed by atoms with Crippen molar-refractivity contribution in [3.05, 3.63) is 35.9 Å². The molecular weight excluding hydrogens is 310 g/mol. The number of ether oxygens (including phenoxy) is 2. The largest absolute Gasteiger partial charge is 0.481 e. The van der Waals surface area contributed by atoms with E-state index in [1.54, 1.807) is 4.90 Å². The van der Waals surface area contributed by atoms with Gasteiger partial charge in [0.1, 0.15) is 6.61 Å². The average Bonchev–Trinajstić information content (AvgIpc) is 2.56. The fraction of sp³-hybridized carbons (Fsp3) is 0.556. The lowest BCUT2D eigenvalue weighted by Gasteiger charge is -2.38. The van der Waals surface area contributed by atoms with Crippen LogP contribution in [0.4, 0.5) is 4.79 Å². The van der Waals surface area contributed by atoms with Gasteiger partial charge in [-0.1, -0.05) is 30.3 Å². The predicted octanol–water partition coefficient (Wildman–Crippen LogP) is 2.67. The number of nitrogens with zero attached hydrogens (tertiary/aromatic N) is 1. The molecule has 2 fully saturated rings. The number of aliphatic carboxylic acids is 1. The number of benzene rings is 1. The average molecular weight is 333 g/mol. The van der Waals surface area contributed by atoms with Crippen LogP contribution < -0.4 is 0 Å². The first kappa shape index (κ1) is 16.8. The second-order valence-electron chi connectivity index (χ2n) is 6.49. The van der Waals surface area contributed by atoms with Crippen molar-refractivity contribution in [1.29, 1.82) is 0 Å². The van der Waals surface area contributed by atoms with Crippen LogP contribution >= 0.6 is 0 Å². The highest BCUT2D eigenvalue weighted by Crippen LogP contribution is 2.32. The molecule has 0 unspecified atom stereocenters. The second-order valence-corrected chi connectivity index (χ2v) is 6.49. The number of carboxylic acid groups (broad SMARTS) is 1. The summed E-state index contributed by atoms with van der Waals surface area (Å²) in [4.78, 5) is 24.6. The number of carbonyl (C=O) groups is 2. The summed E-state index contributed by atoms with van der Waals surface area (Å²) in [5, 5.41) is 8.87. The third kappa shape index (κ3) is 4.26. The molecule has 130 valence electrons. The monoisotopic (exact) mass is 333 g/mol. The summed E-state index contributed by atoms with van der Waals surface area (Å²) >= 11 is 0. The van der Waals surface area contributed by atoms with E-state index in [0.717, 1.165) is 18.4 Å². The minimum Gasteiger partial charge on any atom is -0.481 e. The van der Waals surface area contributed by atoms with Crippen molar-refractivity contribution in [2.24, 2.45) is 5.92 Å². The van der Waals surface area contributed by atoms with E-state index in [1.165, 1.54) is 0 Å². The smallest absolute Gasteiger partial charge is 0.410 e. The molecule has 0 spiro atoms. The Hall–Kier alpha value is -2.08. The quantitative estimate of drug-likeness (QED) is 0.896. The van der Waals surface area contributed by atoms with E-state index in [4.69, 9.17) is 14.6 Å². The lowest BCUT2D eigenvalue weighted by Crippen LogP contribution is -2.44. The number of piperidine rings is 1. The SMILES string of the molecule is O=C(O)C1CC(OC2CCN(C(=O)OCc3ccccc3)CC2)C1. The first-order chi connectivity index (χ1) is 11.6. The molecule has 3 rings (SSSR count). The van der Waals surface area contributed by atoms with Gasteiger partial charge < -0.3 is 19.5 Å². The molecule has 24 heavy (non-hydrogen) atoms. The molecule has 1 N–H and O–H groups in total. The summed E-state index contributed by atoms with van der Waals surface area (Å²) in [7, 11) is 0. The lowest BCUT2D eigenvalue weighted by molar-refractivity contribution is -0.155. The van der Waals surface area contributed by atoms with Crippen molar-refractivity contribution >= 4 is 12.1 Å². The molecule has 0 aromatic heterocycles. The Bertz CT molecular complexity index is 562. The lowest BCUT2D eigenvalue weighted by atomic mass is 9.82. The van der Waals surface area contributed by atoms with Crippen LogP contribution in [-0.2, 0) is 20.9 Å². The van der Waals surface area contributed by atoms with Gasteiger partial charge in [-0.2, -0.15) is 0 Å². The summed E-state index contributed by atoms with van der Waals surface area (Å²) in [5.74, 6) is -0.978. The number of carboxylic acids is 1. The fourth-order valence-corrected chi connectivity index (χ4v) is 3.14. The number of hydrogen-bond donors (Lipinski definition) is 1. The van der Waals surface area contributed by atoms with Crippen molar-refractivity contribution < 1.29 is 24.2 Å². The Morgan fingerprint density at radius 3 is 2.38 bits per heavy atom. The van der Waals surface area contributed by atoms with Gasteiger partial charge in [-0.25, -0.2) is 4.79 Å². The Labute approximate surface area is 141 Å². The maximum Gasteiger partial charge on any atom is 0.410 e. The Balaban J connectivity index is 1.34. The van der Waals surface area contributed by atoms with Gasteiger partial charge in [0.2, 0.25) is 0 Å². The second kappa shape index (κ2) is 7.66.